The third-order valence-corrected chi connectivity index (χ3v) is 2.56. The zero-order valence-corrected chi connectivity index (χ0v) is 10.3. The molecule has 5 heteroatoms. The fourth-order valence-corrected chi connectivity index (χ4v) is 1.21. The number of pyridine rings is 1. The Bertz CT molecular complexity index is 355. The summed E-state index contributed by atoms with van der Waals surface area (Å²) in [5, 5.41) is 2.65. The van der Waals surface area contributed by atoms with Gasteiger partial charge in [-0.25, -0.2) is 4.98 Å². The van der Waals surface area contributed by atoms with Gasteiger partial charge in [0, 0.05) is 11.1 Å². The second-order valence-corrected chi connectivity index (χ2v) is 3.80. The summed E-state index contributed by atoms with van der Waals surface area (Å²) in [6.45, 7) is 4.30. The Balaban J connectivity index is 2.57. The van der Waals surface area contributed by atoms with Crippen molar-refractivity contribution < 1.29 is 9.53 Å². The first-order chi connectivity index (χ1) is 7.13. The molecule has 0 aliphatic rings. The summed E-state index contributed by atoms with van der Waals surface area (Å²) < 4.78 is 5.89. The number of nitrogens with one attached hydrogen (secondary N) is 1. The van der Waals surface area contributed by atoms with Gasteiger partial charge in [-0.1, -0.05) is 0 Å². The van der Waals surface area contributed by atoms with Gasteiger partial charge in [0.25, 0.3) is 5.91 Å². The van der Waals surface area contributed by atoms with E-state index in [1.165, 1.54) is 0 Å². The quantitative estimate of drug-likeness (QED) is 0.914. The maximum absolute atomic E-state index is 11.3. The number of carbonyl (C=O) groups is 1. The molecular weight excluding hydrogens is 260 g/mol. The topological polar surface area (TPSA) is 51.2 Å². The van der Waals surface area contributed by atoms with E-state index in [9.17, 15) is 4.79 Å². The summed E-state index contributed by atoms with van der Waals surface area (Å²) in [5.41, 5.74) is 0.837. The first-order valence-corrected chi connectivity index (χ1v) is 5.43. The summed E-state index contributed by atoms with van der Waals surface area (Å²) >= 11 is 3.34. The van der Waals surface area contributed by atoms with Crippen LogP contribution in [0.25, 0.3) is 0 Å². The minimum absolute atomic E-state index is 0.0628. The molecule has 0 atom stereocenters. The van der Waals surface area contributed by atoms with Crippen molar-refractivity contribution in [2.45, 2.75) is 13.8 Å². The zero-order valence-electron chi connectivity index (χ0n) is 8.71. The SMILES string of the molecule is CCOCC(=O)Nc1ccc(Br)c(C)n1. The van der Waals surface area contributed by atoms with Gasteiger partial charge in [0.15, 0.2) is 0 Å². The van der Waals surface area contributed by atoms with Crippen molar-refractivity contribution in [1.29, 1.82) is 0 Å². The predicted octanol–water partition coefficient (Wildman–Crippen LogP) is 2.13. The largest absolute Gasteiger partial charge is 0.372 e. The average molecular weight is 273 g/mol. The smallest absolute Gasteiger partial charge is 0.251 e. The Hall–Kier alpha value is -0.940. The predicted molar refractivity (Wildman–Crippen MR) is 61.8 cm³/mol. The molecule has 82 valence electrons. The average Bonchev–Trinajstić information content (AvgIpc) is 2.20. The Morgan fingerprint density at radius 2 is 2.33 bits per heavy atom. The lowest BCUT2D eigenvalue weighted by atomic mass is 10.4. The Labute approximate surface area is 97.2 Å². The van der Waals surface area contributed by atoms with E-state index in [0.29, 0.717) is 12.4 Å². The molecule has 1 N–H and O–H groups in total. The minimum atomic E-state index is -0.189. The molecule has 4 nitrogen and oxygen atoms in total. The van der Waals surface area contributed by atoms with Crippen LogP contribution in [0.4, 0.5) is 5.82 Å². The molecular formula is C10H13BrN2O2. The van der Waals surface area contributed by atoms with E-state index in [1.807, 2.05) is 19.9 Å². The Morgan fingerprint density at radius 3 is 2.93 bits per heavy atom. The van der Waals surface area contributed by atoms with Gasteiger partial charge in [-0.2, -0.15) is 0 Å². The van der Waals surface area contributed by atoms with E-state index in [1.54, 1.807) is 6.07 Å². The van der Waals surface area contributed by atoms with Crippen molar-refractivity contribution in [3.05, 3.63) is 22.3 Å². The number of anilines is 1. The molecule has 0 bridgehead atoms. The summed E-state index contributed by atoms with van der Waals surface area (Å²) in [4.78, 5) is 15.5. The number of carbonyl (C=O) groups excluding carboxylic acids is 1. The molecule has 1 aromatic rings. The molecule has 1 heterocycles. The number of hydrogen-bond donors (Lipinski definition) is 1. The molecule has 0 saturated carbocycles. The fraction of sp³-hybridized carbons (Fsp3) is 0.400. The van der Waals surface area contributed by atoms with Crippen LogP contribution in [0.15, 0.2) is 16.6 Å². The molecule has 0 aliphatic carbocycles. The number of aromatic nitrogens is 1. The number of amides is 1. The number of hydrogen-bond acceptors (Lipinski definition) is 3. The summed E-state index contributed by atoms with van der Waals surface area (Å²) in [5.74, 6) is 0.353. The maximum atomic E-state index is 11.3. The molecule has 0 spiro atoms. The van der Waals surface area contributed by atoms with E-state index in [0.717, 1.165) is 10.2 Å². The summed E-state index contributed by atoms with van der Waals surface area (Å²) in [6, 6.07) is 3.58. The van der Waals surface area contributed by atoms with Gasteiger partial charge in [0.1, 0.15) is 12.4 Å². The second-order valence-electron chi connectivity index (χ2n) is 2.95. The van der Waals surface area contributed by atoms with Gasteiger partial charge < -0.3 is 10.1 Å². The Morgan fingerprint density at radius 1 is 1.60 bits per heavy atom. The third kappa shape index (κ3) is 3.97. The molecule has 0 aromatic carbocycles. The van der Waals surface area contributed by atoms with Crippen molar-refractivity contribution in [3.8, 4) is 0 Å². The molecule has 15 heavy (non-hydrogen) atoms. The van der Waals surface area contributed by atoms with Crippen LogP contribution in [0.1, 0.15) is 12.6 Å². The number of nitrogens with zero attached hydrogens (tertiary/aromatic N) is 1. The highest BCUT2D eigenvalue weighted by Crippen LogP contribution is 2.15. The van der Waals surface area contributed by atoms with Crippen LogP contribution in [0.2, 0.25) is 0 Å². The number of halogens is 1. The van der Waals surface area contributed by atoms with Crippen molar-refractivity contribution in [1.82, 2.24) is 4.98 Å². The summed E-state index contributed by atoms with van der Waals surface area (Å²) in [6.07, 6.45) is 0. The lowest BCUT2D eigenvalue weighted by molar-refractivity contribution is -0.120. The minimum Gasteiger partial charge on any atom is -0.372 e. The van der Waals surface area contributed by atoms with Crippen LogP contribution in [-0.4, -0.2) is 24.1 Å². The highest BCUT2D eigenvalue weighted by atomic mass is 79.9. The molecule has 0 radical (unpaired) electrons. The molecule has 1 amide bonds. The number of ether oxygens (including phenoxy) is 1. The van der Waals surface area contributed by atoms with Gasteiger partial charge in [-0.3, -0.25) is 4.79 Å². The first kappa shape index (κ1) is 12.1. The third-order valence-electron chi connectivity index (χ3n) is 1.73. The van der Waals surface area contributed by atoms with Crippen molar-refractivity contribution in [2.24, 2.45) is 0 Å². The van der Waals surface area contributed by atoms with Crippen molar-refractivity contribution >= 4 is 27.7 Å². The van der Waals surface area contributed by atoms with Crippen LogP contribution in [-0.2, 0) is 9.53 Å². The van der Waals surface area contributed by atoms with Crippen molar-refractivity contribution in [3.63, 3.8) is 0 Å². The molecule has 0 saturated heterocycles. The maximum Gasteiger partial charge on any atom is 0.251 e. The standard InChI is InChI=1S/C10H13BrN2O2/c1-3-15-6-10(14)13-9-5-4-8(11)7(2)12-9/h4-5H,3,6H2,1-2H3,(H,12,13,14). The molecule has 1 aromatic heterocycles. The van der Waals surface area contributed by atoms with Crippen molar-refractivity contribution in [2.75, 3.05) is 18.5 Å². The molecule has 0 fully saturated rings. The highest BCUT2D eigenvalue weighted by Gasteiger charge is 2.04. The van der Waals surface area contributed by atoms with Gasteiger partial charge in [0.05, 0.1) is 5.69 Å². The number of rotatable bonds is 4. The van der Waals surface area contributed by atoms with E-state index in [4.69, 9.17) is 4.74 Å². The molecule has 0 aliphatic heterocycles. The van der Waals surface area contributed by atoms with Crippen LogP contribution in [0.5, 0.6) is 0 Å². The van der Waals surface area contributed by atoms with Gasteiger partial charge in [-0.05, 0) is 41.9 Å². The monoisotopic (exact) mass is 272 g/mol. The highest BCUT2D eigenvalue weighted by molar-refractivity contribution is 9.10. The van der Waals surface area contributed by atoms with Crippen LogP contribution < -0.4 is 5.32 Å². The fourth-order valence-electron chi connectivity index (χ4n) is 0.987. The normalized spacial score (nSPS) is 10.1. The zero-order chi connectivity index (χ0) is 11.3. The van der Waals surface area contributed by atoms with Crippen LogP contribution >= 0.6 is 15.9 Å². The van der Waals surface area contributed by atoms with E-state index >= 15 is 0 Å². The Kier molecular flexibility index (Phi) is 4.71. The van der Waals surface area contributed by atoms with E-state index in [2.05, 4.69) is 26.2 Å². The lowest BCUT2D eigenvalue weighted by Crippen LogP contribution is -2.19. The summed E-state index contributed by atoms with van der Waals surface area (Å²) in [7, 11) is 0. The molecule has 1 rings (SSSR count). The van der Waals surface area contributed by atoms with E-state index < -0.39 is 0 Å². The van der Waals surface area contributed by atoms with Crippen LogP contribution in [0, 0.1) is 6.92 Å². The second kappa shape index (κ2) is 5.82. The van der Waals surface area contributed by atoms with Gasteiger partial charge in [0.2, 0.25) is 0 Å². The van der Waals surface area contributed by atoms with Gasteiger partial charge in [-0.15, -0.1) is 0 Å². The first-order valence-electron chi connectivity index (χ1n) is 4.64. The number of aryl methyl sites for hydroxylation is 1. The molecule has 0 unspecified atom stereocenters. The van der Waals surface area contributed by atoms with Gasteiger partial charge >= 0.3 is 0 Å². The van der Waals surface area contributed by atoms with E-state index in [-0.39, 0.29) is 12.5 Å². The lowest BCUT2D eigenvalue weighted by Gasteiger charge is -2.05. The van der Waals surface area contributed by atoms with Crippen LogP contribution in [0.3, 0.4) is 0 Å².